The maximum absolute atomic E-state index is 13.5. The average Bonchev–Trinajstić information content (AvgIpc) is 2.62. The topological polar surface area (TPSA) is 85.9 Å². The molecule has 0 saturated heterocycles. The van der Waals surface area contributed by atoms with Crippen molar-refractivity contribution in [2.75, 3.05) is 40.6 Å². The third kappa shape index (κ3) is 8.55. The summed E-state index contributed by atoms with van der Waals surface area (Å²) in [5.74, 6) is -2.79. The molecule has 0 spiro atoms. The Labute approximate surface area is 154 Å². The van der Waals surface area contributed by atoms with Crippen molar-refractivity contribution in [2.45, 2.75) is 38.5 Å². The monoisotopic (exact) mass is 374 g/mol. The summed E-state index contributed by atoms with van der Waals surface area (Å²) in [6, 6.07) is -1.04. The van der Waals surface area contributed by atoms with E-state index in [1.165, 1.54) is 14.2 Å². The lowest BCUT2D eigenvalue weighted by atomic mass is 10.0. The van der Waals surface area contributed by atoms with Gasteiger partial charge in [0.15, 0.2) is 0 Å². The van der Waals surface area contributed by atoms with Gasteiger partial charge < -0.3 is 24.8 Å². The van der Waals surface area contributed by atoms with E-state index in [-0.39, 0.29) is 19.6 Å². The van der Waals surface area contributed by atoms with E-state index in [2.05, 4.69) is 17.2 Å². The second-order valence-electron chi connectivity index (χ2n) is 5.56. The summed E-state index contributed by atoms with van der Waals surface area (Å²) in [6.07, 6.45) is 4.45. The smallest absolute Gasteiger partial charge is 0.308 e. The third-order valence-electron chi connectivity index (χ3n) is 3.65. The molecule has 7 nitrogen and oxygen atoms in total. The van der Waals surface area contributed by atoms with E-state index in [0.717, 1.165) is 12.0 Å². The molecule has 0 aromatic heterocycles. The Morgan fingerprint density at radius 2 is 1.88 bits per heavy atom. The molecule has 0 aliphatic rings. The molecule has 150 valence electrons. The van der Waals surface area contributed by atoms with Crippen molar-refractivity contribution < 1.29 is 28.2 Å². The van der Waals surface area contributed by atoms with Gasteiger partial charge >= 0.3 is 5.97 Å². The minimum Gasteiger partial charge on any atom is -0.466 e. The van der Waals surface area contributed by atoms with E-state index in [1.54, 1.807) is 6.92 Å². The Kier molecular flexibility index (Phi) is 12.5. The molecule has 0 saturated carbocycles. The van der Waals surface area contributed by atoms with Gasteiger partial charge in [0, 0.05) is 20.8 Å². The molecule has 1 atom stereocenters. The number of nitrogens with one attached hydrogen (secondary N) is 2. The number of halogens is 1. The lowest BCUT2D eigenvalue weighted by Crippen LogP contribution is -2.58. The second-order valence-corrected chi connectivity index (χ2v) is 5.56. The van der Waals surface area contributed by atoms with E-state index in [1.807, 2.05) is 19.1 Å². The van der Waals surface area contributed by atoms with Crippen LogP contribution in [0.3, 0.4) is 0 Å². The first-order valence-corrected chi connectivity index (χ1v) is 8.55. The quantitative estimate of drug-likeness (QED) is 0.272. The molecule has 26 heavy (non-hydrogen) atoms. The summed E-state index contributed by atoms with van der Waals surface area (Å²) in [6.45, 7) is 7.05. The predicted octanol–water partition coefficient (Wildman–Crippen LogP) is 1.50. The number of allylic oxidation sites excluding steroid dienone is 1. The number of esters is 1. The van der Waals surface area contributed by atoms with Crippen LogP contribution in [-0.4, -0.2) is 64.3 Å². The van der Waals surface area contributed by atoms with Crippen molar-refractivity contribution in [2.24, 2.45) is 0 Å². The number of rotatable bonds is 14. The van der Waals surface area contributed by atoms with Gasteiger partial charge in [0.1, 0.15) is 6.67 Å². The van der Waals surface area contributed by atoms with Crippen molar-refractivity contribution in [3.63, 3.8) is 0 Å². The molecule has 0 radical (unpaired) electrons. The normalized spacial score (nSPS) is 12.8. The number of methoxy groups -OCH3 is 2. The SMILES string of the molecule is C=C(/C=C\CC)CNCC(=O)NC(CC(=O)OCC)C(CF)(OC)OC. The maximum Gasteiger partial charge on any atom is 0.308 e. The van der Waals surface area contributed by atoms with Crippen LogP contribution in [0.25, 0.3) is 0 Å². The molecule has 0 aromatic carbocycles. The highest BCUT2D eigenvalue weighted by molar-refractivity contribution is 5.79. The van der Waals surface area contributed by atoms with E-state index < -0.39 is 30.4 Å². The fourth-order valence-corrected chi connectivity index (χ4v) is 2.20. The molecule has 2 N–H and O–H groups in total. The minimum absolute atomic E-state index is 0.0336. The van der Waals surface area contributed by atoms with Crippen LogP contribution in [-0.2, 0) is 23.8 Å². The predicted molar refractivity (Wildman–Crippen MR) is 97.3 cm³/mol. The van der Waals surface area contributed by atoms with Crippen molar-refractivity contribution in [3.8, 4) is 0 Å². The number of ether oxygens (including phenoxy) is 3. The van der Waals surface area contributed by atoms with Crippen LogP contribution in [0.5, 0.6) is 0 Å². The standard InChI is InChI=1S/C18H31FN2O5/c1-6-8-9-14(3)11-20-12-16(22)21-15(10-17(23)26-7-2)18(13-19,24-4)25-5/h8-9,15,20H,3,6-7,10-13H2,1-2,4-5H3,(H,21,22)/b9-8-. The molecule has 0 aromatic rings. The van der Waals surface area contributed by atoms with Crippen molar-refractivity contribution in [1.82, 2.24) is 10.6 Å². The minimum atomic E-state index is -1.77. The highest BCUT2D eigenvalue weighted by Crippen LogP contribution is 2.21. The van der Waals surface area contributed by atoms with E-state index >= 15 is 0 Å². The highest BCUT2D eigenvalue weighted by atomic mass is 19.1. The first-order chi connectivity index (χ1) is 12.4. The van der Waals surface area contributed by atoms with Crippen LogP contribution >= 0.6 is 0 Å². The van der Waals surface area contributed by atoms with Crippen LogP contribution in [0.1, 0.15) is 26.7 Å². The van der Waals surface area contributed by atoms with Crippen LogP contribution in [0.15, 0.2) is 24.3 Å². The number of carbonyl (C=O) groups is 2. The molecule has 0 aliphatic carbocycles. The summed E-state index contributed by atoms with van der Waals surface area (Å²) < 4.78 is 28.6. The van der Waals surface area contributed by atoms with Gasteiger partial charge in [0.2, 0.25) is 11.7 Å². The molecule has 0 heterocycles. The molecule has 1 amide bonds. The van der Waals surface area contributed by atoms with Gasteiger partial charge in [0.05, 0.1) is 25.6 Å². The molecule has 0 fully saturated rings. The summed E-state index contributed by atoms with van der Waals surface area (Å²) in [5, 5.41) is 5.51. The lowest BCUT2D eigenvalue weighted by Gasteiger charge is -2.35. The van der Waals surface area contributed by atoms with Gasteiger partial charge in [-0.05, 0) is 18.9 Å². The molecule has 0 aliphatic heterocycles. The molecular formula is C18H31FN2O5. The third-order valence-corrected chi connectivity index (χ3v) is 3.65. The Morgan fingerprint density at radius 1 is 1.23 bits per heavy atom. The van der Waals surface area contributed by atoms with Crippen LogP contribution in [0.2, 0.25) is 0 Å². The first kappa shape index (κ1) is 24.2. The van der Waals surface area contributed by atoms with Crippen LogP contribution in [0, 0.1) is 0 Å². The Hall–Kier alpha value is -1.77. The Morgan fingerprint density at radius 3 is 2.38 bits per heavy atom. The van der Waals surface area contributed by atoms with E-state index in [0.29, 0.717) is 6.54 Å². The molecule has 0 rings (SSSR count). The van der Waals surface area contributed by atoms with Gasteiger partial charge in [-0.15, -0.1) is 0 Å². The molecule has 8 heteroatoms. The zero-order valence-electron chi connectivity index (χ0n) is 16.1. The highest BCUT2D eigenvalue weighted by Gasteiger charge is 2.42. The Balaban J connectivity index is 4.84. The summed E-state index contributed by atoms with van der Waals surface area (Å²) in [4.78, 5) is 24.0. The number of hydrogen-bond donors (Lipinski definition) is 2. The van der Waals surface area contributed by atoms with Gasteiger partial charge in [-0.3, -0.25) is 9.59 Å². The maximum atomic E-state index is 13.5. The number of hydrogen-bond acceptors (Lipinski definition) is 6. The summed E-state index contributed by atoms with van der Waals surface area (Å²) in [7, 11) is 2.49. The van der Waals surface area contributed by atoms with Crippen molar-refractivity contribution in [3.05, 3.63) is 24.3 Å². The van der Waals surface area contributed by atoms with Gasteiger partial charge in [-0.1, -0.05) is 25.7 Å². The van der Waals surface area contributed by atoms with E-state index in [4.69, 9.17) is 14.2 Å². The summed E-state index contributed by atoms with van der Waals surface area (Å²) in [5.41, 5.74) is 0.828. The van der Waals surface area contributed by atoms with Gasteiger partial charge in [-0.25, -0.2) is 4.39 Å². The fourth-order valence-electron chi connectivity index (χ4n) is 2.20. The van der Waals surface area contributed by atoms with Crippen LogP contribution < -0.4 is 10.6 Å². The number of amides is 1. The fraction of sp³-hybridized carbons (Fsp3) is 0.667. The molecular weight excluding hydrogens is 343 g/mol. The Bertz CT molecular complexity index is 470. The average molecular weight is 374 g/mol. The van der Waals surface area contributed by atoms with E-state index in [9.17, 15) is 14.0 Å². The molecule has 1 unspecified atom stereocenters. The molecule has 0 bridgehead atoms. The van der Waals surface area contributed by atoms with Crippen molar-refractivity contribution in [1.29, 1.82) is 0 Å². The number of carbonyl (C=O) groups excluding carboxylic acids is 2. The first-order valence-electron chi connectivity index (χ1n) is 8.55. The summed E-state index contributed by atoms with van der Waals surface area (Å²) >= 11 is 0. The zero-order valence-corrected chi connectivity index (χ0v) is 16.1. The largest absolute Gasteiger partial charge is 0.466 e. The lowest BCUT2D eigenvalue weighted by molar-refractivity contribution is -0.234. The van der Waals surface area contributed by atoms with Gasteiger partial charge in [0.25, 0.3) is 0 Å². The second kappa shape index (κ2) is 13.4. The van der Waals surface area contributed by atoms with Crippen LogP contribution in [0.4, 0.5) is 4.39 Å². The van der Waals surface area contributed by atoms with Crippen molar-refractivity contribution >= 4 is 11.9 Å². The number of alkyl halides is 1. The van der Waals surface area contributed by atoms with Gasteiger partial charge in [-0.2, -0.15) is 0 Å². The zero-order chi connectivity index (χ0) is 20.0.